The Balaban J connectivity index is 1.95. The number of aryl methyl sites for hydroxylation is 1. The maximum absolute atomic E-state index is 12.0. The molecule has 2 N–H and O–H groups in total. The molecule has 0 saturated carbocycles. The van der Waals surface area contributed by atoms with Crippen LogP contribution in [0, 0.1) is 6.92 Å². The molecule has 2 rings (SSSR count). The second kappa shape index (κ2) is 7.92. The Morgan fingerprint density at radius 2 is 2.22 bits per heavy atom. The van der Waals surface area contributed by atoms with Gasteiger partial charge in [0.05, 0.1) is 12.1 Å². The van der Waals surface area contributed by atoms with Gasteiger partial charge in [0, 0.05) is 5.38 Å². The van der Waals surface area contributed by atoms with Crippen LogP contribution in [0.5, 0.6) is 0 Å². The predicted octanol–water partition coefficient (Wildman–Crippen LogP) is 3.01. The number of aliphatic carboxylic acids is 1. The number of carbonyl (C=O) groups excluding carboxylic acids is 1. The van der Waals surface area contributed by atoms with Crippen LogP contribution in [-0.4, -0.2) is 28.0 Å². The molecule has 2 aromatic rings. The third kappa shape index (κ3) is 4.92. The molecule has 2 aromatic heterocycles. The maximum Gasteiger partial charge on any atom is 0.326 e. The van der Waals surface area contributed by atoms with E-state index in [1.807, 2.05) is 26.0 Å². The lowest BCUT2D eigenvalue weighted by Gasteiger charge is -2.13. The minimum Gasteiger partial charge on any atom is -0.480 e. The summed E-state index contributed by atoms with van der Waals surface area (Å²) in [5, 5.41) is 14.2. The molecular weight excluding hydrogens is 316 g/mol. The molecule has 23 heavy (non-hydrogen) atoms. The van der Waals surface area contributed by atoms with Gasteiger partial charge in [-0.1, -0.05) is 19.8 Å². The Hall–Kier alpha value is -2.15. The highest BCUT2D eigenvalue weighted by Crippen LogP contribution is 2.25. The largest absolute Gasteiger partial charge is 0.480 e. The van der Waals surface area contributed by atoms with E-state index < -0.39 is 12.0 Å². The van der Waals surface area contributed by atoms with Crippen molar-refractivity contribution in [2.75, 3.05) is 0 Å². The number of hydrogen-bond acceptors (Lipinski definition) is 5. The second-order valence-corrected chi connectivity index (χ2v) is 6.19. The first-order valence-corrected chi connectivity index (χ1v) is 8.41. The summed E-state index contributed by atoms with van der Waals surface area (Å²) in [4.78, 5) is 27.5. The first-order valence-electron chi connectivity index (χ1n) is 7.53. The van der Waals surface area contributed by atoms with Gasteiger partial charge in [0.1, 0.15) is 11.8 Å². The number of hydrogen-bond donors (Lipinski definition) is 2. The summed E-state index contributed by atoms with van der Waals surface area (Å²) in [5.74, 6) is 0.137. The second-order valence-electron chi connectivity index (χ2n) is 5.33. The van der Waals surface area contributed by atoms with E-state index in [1.54, 1.807) is 5.38 Å². The fourth-order valence-electron chi connectivity index (χ4n) is 2.13. The topological polar surface area (TPSA) is 92.4 Å². The molecule has 0 aliphatic rings. The third-order valence-electron chi connectivity index (χ3n) is 3.32. The number of carboxylic acid groups (broad SMARTS) is 1. The number of amides is 1. The van der Waals surface area contributed by atoms with Crippen molar-refractivity contribution in [1.29, 1.82) is 0 Å². The molecule has 1 unspecified atom stereocenters. The normalized spacial score (nSPS) is 12.1. The van der Waals surface area contributed by atoms with Crippen LogP contribution in [0.1, 0.15) is 37.6 Å². The Bertz CT molecular complexity index is 677. The van der Waals surface area contributed by atoms with E-state index in [4.69, 9.17) is 9.52 Å². The van der Waals surface area contributed by atoms with Gasteiger partial charge in [-0.3, -0.25) is 4.79 Å². The fraction of sp³-hybridized carbons (Fsp3) is 0.438. The van der Waals surface area contributed by atoms with Crippen molar-refractivity contribution < 1.29 is 19.1 Å². The Morgan fingerprint density at radius 1 is 1.43 bits per heavy atom. The molecule has 0 bridgehead atoms. The van der Waals surface area contributed by atoms with Gasteiger partial charge in [0.15, 0.2) is 10.8 Å². The summed E-state index contributed by atoms with van der Waals surface area (Å²) in [7, 11) is 0. The van der Waals surface area contributed by atoms with Crippen molar-refractivity contribution in [3.63, 3.8) is 0 Å². The smallest absolute Gasteiger partial charge is 0.326 e. The number of carboxylic acids is 1. The number of rotatable bonds is 8. The minimum atomic E-state index is -1.00. The van der Waals surface area contributed by atoms with Crippen molar-refractivity contribution in [1.82, 2.24) is 10.3 Å². The van der Waals surface area contributed by atoms with E-state index in [0.29, 0.717) is 22.9 Å². The number of carbonyl (C=O) groups is 2. The third-order valence-corrected chi connectivity index (χ3v) is 4.23. The molecule has 2 heterocycles. The van der Waals surface area contributed by atoms with E-state index in [9.17, 15) is 9.59 Å². The molecule has 0 spiro atoms. The molecular formula is C16H20N2O4S. The number of furan rings is 1. The van der Waals surface area contributed by atoms with Crippen LogP contribution in [0.2, 0.25) is 0 Å². The van der Waals surface area contributed by atoms with E-state index in [0.717, 1.165) is 18.6 Å². The average molecular weight is 336 g/mol. The Kier molecular flexibility index (Phi) is 5.92. The number of thiazole rings is 1. The van der Waals surface area contributed by atoms with Gasteiger partial charge < -0.3 is 14.8 Å². The van der Waals surface area contributed by atoms with Gasteiger partial charge in [0.2, 0.25) is 5.91 Å². The van der Waals surface area contributed by atoms with Crippen molar-refractivity contribution >= 4 is 23.2 Å². The lowest BCUT2D eigenvalue weighted by Crippen LogP contribution is -2.41. The molecule has 6 nitrogen and oxygen atoms in total. The maximum atomic E-state index is 12.0. The van der Waals surface area contributed by atoms with Gasteiger partial charge in [-0.05, 0) is 25.5 Å². The zero-order valence-corrected chi connectivity index (χ0v) is 14.0. The lowest BCUT2D eigenvalue weighted by molar-refractivity contribution is -0.142. The number of nitrogens with zero attached hydrogens (tertiary/aromatic N) is 1. The number of nitrogens with one attached hydrogen (secondary N) is 1. The SMILES string of the molecule is CCCCC(NC(=O)Cc1csc(-c2ccc(C)o2)n1)C(=O)O. The summed E-state index contributed by atoms with van der Waals surface area (Å²) >= 11 is 1.40. The van der Waals surface area contributed by atoms with Gasteiger partial charge in [-0.25, -0.2) is 9.78 Å². The predicted molar refractivity (Wildman–Crippen MR) is 87.3 cm³/mol. The van der Waals surface area contributed by atoms with Crippen molar-refractivity contribution in [2.24, 2.45) is 0 Å². The van der Waals surface area contributed by atoms with Crippen LogP contribution >= 0.6 is 11.3 Å². The van der Waals surface area contributed by atoms with Crippen LogP contribution in [0.4, 0.5) is 0 Å². The van der Waals surface area contributed by atoms with Crippen molar-refractivity contribution in [2.45, 2.75) is 45.6 Å². The van der Waals surface area contributed by atoms with E-state index in [1.165, 1.54) is 11.3 Å². The highest BCUT2D eigenvalue weighted by Gasteiger charge is 2.20. The van der Waals surface area contributed by atoms with Gasteiger partial charge in [-0.15, -0.1) is 11.3 Å². The van der Waals surface area contributed by atoms with Crippen LogP contribution in [0.3, 0.4) is 0 Å². The zero-order valence-electron chi connectivity index (χ0n) is 13.2. The minimum absolute atomic E-state index is 0.0616. The van der Waals surface area contributed by atoms with Gasteiger partial charge in [0.25, 0.3) is 0 Å². The van der Waals surface area contributed by atoms with Crippen LogP contribution in [0.25, 0.3) is 10.8 Å². The monoisotopic (exact) mass is 336 g/mol. The van der Waals surface area contributed by atoms with Crippen molar-refractivity contribution in [3.8, 4) is 10.8 Å². The van der Waals surface area contributed by atoms with Crippen LogP contribution in [0.15, 0.2) is 21.9 Å². The molecule has 0 radical (unpaired) electrons. The van der Waals surface area contributed by atoms with E-state index >= 15 is 0 Å². The fourth-order valence-corrected chi connectivity index (χ4v) is 2.91. The summed E-state index contributed by atoms with van der Waals surface area (Å²) in [6, 6.07) is 2.85. The summed E-state index contributed by atoms with van der Waals surface area (Å²) in [6.07, 6.45) is 2.14. The lowest BCUT2D eigenvalue weighted by atomic mass is 10.1. The zero-order chi connectivity index (χ0) is 16.8. The number of unbranched alkanes of at least 4 members (excludes halogenated alkanes) is 1. The summed E-state index contributed by atoms with van der Waals surface area (Å²) in [5.41, 5.74) is 0.608. The van der Waals surface area contributed by atoms with Gasteiger partial charge >= 0.3 is 5.97 Å². The quantitative estimate of drug-likeness (QED) is 0.773. The van der Waals surface area contributed by atoms with E-state index in [2.05, 4.69) is 10.3 Å². The van der Waals surface area contributed by atoms with E-state index in [-0.39, 0.29) is 12.3 Å². The van der Waals surface area contributed by atoms with Crippen LogP contribution in [-0.2, 0) is 16.0 Å². The number of aromatic nitrogens is 1. The summed E-state index contributed by atoms with van der Waals surface area (Å²) < 4.78 is 5.50. The molecule has 0 aromatic carbocycles. The average Bonchev–Trinajstić information content (AvgIpc) is 3.12. The first-order chi connectivity index (χ1) is 11.0. The highest BCUT2D eigenvalue weighted by molar-refractivity contribution is 7.13. The molecule has 0 fully saturated rings. The molecule has 0 saturated heterocycles. The molecule has 124 valence electrons. The molecule has 1 atom stereocenters. The summed E-state index contributed by atoms with van der Waals surface area (Å²) in [6.45, 7) is 3.84. The molecule has 0 aliphatic heterocycles. The Labute approximate surface area is 138 Å². The first kappa shape index (κ1) is 17.2. The highest BCUT2D eigenvalue weighted by atomic mass is 32.1. The molecule has 1 amide bonds. The van der Waals surface area contributed by atoms with Crippen LogP contribution < -0.4 is 5.32 Å². The van der Waals surface area contributed by atoms with Crippen molar-refractivity contribution in [3.05, 3.63) is 29.0 Å². The van der Waals surface area contributed by atoms with Gasteiger partial charge in [-0.2, -0.15) is 0 Å². The Morgan fingerprint density at radius 3 is 2.83 bits per heavy atom. The molecule has 7 heteroatoms. The standard InChI is InChI=1S/C16H20N2O4S/c1-3-4-5-12(16(20)21)18-14(19)8-11-9-23-15(17-11)13-7-6-10(2)22-13/h6-7,9,12H,3-5,8H2,1-2H3,(H,18,19)(H,20,21). The molecule has 0 aliphatic carbocycles.